The molecule has 0 bridgehead atoms. The van der Waals surface area contributed by atoms with Crippen molar-refractivity contribution in [3.63, 3.8) is 0 Å². The van der Waals surface area contributed by atoms with E-state index in [1.807, 2.05) is 24.3 Å². The van der Waals surface area contributed by atoms with Gasteiger partial charge in [0, 0.05) is 37.7 Å². The number of hydrogen-bond donors (Lipinski definition) is 1. The molecule has 2 heterocycles. The second-order valence-corrected chi connectivity index (χ2v) is 8.09. The fraction of sp³-hybridized carbons (Fsp3) is 0.312. The molecule has 1 aromatic carbocycles. The summed E-state index contributed by atoms with van der Waals surface area (Å²) in [7, 11) is -3.76. The van der Waals surface area contributed by atoms with Crippen molar-refractivity contribution in [2.45, 2.75) is 11.6 Å². The lowest BCUT2D eigenvalue weighted by molar-refractivity contribution is 0.0968. The summed E-state index contributed by atoms with van der Waals surface area (Å²) >= 11 is 5.88. The highest BCUT2D eigenvalue weighted by Crippen LogP contribution is 2.21. The molecular formula is C16H18ClN3O4S. The van der Waals surface area contributed by atoms with Gasteiger partial charge in [0.1, 0.15) is 0 Å². The Balaban J connectivity index is 1.62. The maximum absolute atomic E-state index is 12.6. The van der Waals surface area contributed by atoms with Gasteiger partial charge in [0.2, 0.25) is 5.09 Å². The first-order valence-corrected chi connectivity index (χ1v) is 9.54. The highest BCUT2D eigenvalue weighted by Gasteiger charge is 2.31. The van der Waals surface area contributed by atoms with Gasteiger partial charge in [-0.25, -0.2) is 8.42 Å². The quantitative estimate of drug-likeness (QED) is 0.844. The van der Waals surface area contributed by atoms with Gasteiger partial charge in [0.05, 0.1) is 0 Å². The van der Waals surface area contributed by atoms with Crippen molar-refractivity contribution in [1.82, 2.24) is 9.21 Å². The number of rotatable bonds is 5. The summed E-state index contributed by atoms with van der Waals surface area (Å²) in [4.78, 5) is 13.2. The predicted octanol–water partition coefficient (Wildman–Crippen LogP) is 1.54. The normalized spacial score (nSPS) is 16.8. The highest BCUT2D eigenvalue weighted by atomic mass is 35.5. The van der Waals surface area contributed by atoms with Crippen LogP contribution in [0.3, 0.4) is 0 Å². The Hall–Kier alpha value is -1.87. The number of furan rings is 1. The first-order valence-electron chi connectivity index (χ1n) is 7.73. The summed E-state index contributed by atoms with van der Waals surface area (Å²) in [6, 6.07) is 10.1. The summed E-state index contributed by atoms with van der Waals surface area (Å²) in [5.74, 6) is -0.964. The molecule has 1 aliphatic rings. The van der Waals surface area contributed by atoms with E-state index in [1.54, 1.807) is 0 Å². The number of sulfonamides is 1. The van der Waals surface area contributed by atoms with Crippen LogP contribution < -0.4 is 5.73 Å². The fourth-order valence-electron chi connectivity index (χ4n) is 2.69. The van der Waals surface area contributed by atoms with Crippen molar-refractivity contribution in [1.29, 1.82) is 0 Å². The van der Waals surface area contributed by atoms with Gasteiger partial charge in [-0.3, -0.25) is 9.69 Å². The Morgan fingerprint density at radius 1 is 1.08 bits per heavy atom. The number of hydrogen-bond acceptors (Lipinski definition) is 5. The molecule has 0 spiro atoms. The van der Waals surface area contributed by atoms with Crippen molar-refractivity contribution >= 4 is 27.5 Å². The summed E-state index contributed by atoms with van der Waals surface area (Å²) < 4.78 is 31.6. The Morgan fingerprint density at radius 2 is 1.72 bits per heavy atom. The van der Waals surface area contributed by atoms with E-state index in [4.69, 9.17) is 21.8 Å². The predicted molar refractivity (Wildman–Crippen MR) is 92.7 cm³/mol. The van der Waals surface area contributed by atoms with Crippen LogP contribution in [0.2, 0.25) is 5.02 Å². The molecule has 1 aliphatic heterocycles. The molecule has 2 aromatic rings. The standard InChI is InChI=1S/C16H18ClN3O4S/c17-13-3-1-12(2-4-13)11-19-7-9-20(10-8-19)25(22,23)15-6-5-14(24-15)16(18)21/h1-6H,7-11H2,(H2,18,21). The minimum absolute atomic E-state index is 0.167. The molecule has 25 heavy (non-hydrogen) atoms. The van der Waals surface area contributed by atoms with E-state index in [9.17, 15) is 13.2 Å². The average molecular weight is 384 g/mol. The summed E-state index contributed by atoms with van der Waals surface area (Å²) in [5, 5.41) is 0.431. The lowest BCUT2D eigenvalue weighted by Crippen LogP contribution is -2.48. The third kappa shape index (κ3) is 4.04. The molecule has 7 nitrogen and oxygen atoms in total. The van der Waals surface area contributed by atoms with E-state index >= 15 is 0 Å². The lowest BCUT2D eigenvalue weighted by Gasteiger charge is -2.33. The molecule has 0 radical (unpaired) electrons. The average Bonchev–Trinajstić information content (AvgIpc) is 3.09. The Kier molecular flexibility index (Phi) is 5.14. The van der Waals surface area contributed by atoms with Crippen LogP contribution in [0.4, 0.5) is 0 Å². The van der Waals surface area contributed by atoms with Gasteiger partial charge in [0.15, 0.2) is 5.76 Å². The molecule has 9 heteroatoms. The van der Waals surface area contributed by atoms with Crippen LogP contribution >= 0.6 is 11.6 Å². The topological polar surface area (TPSA) is 96.8 Å². The van der Waals surface area contributed by atoms with E-state index in [0.717, 1.165) is 12.1 Å². The van der Waals surface area contributed by atoms with E-state index in [0.29, 0.717) is 31.2 Å². The van der Waals surface area contributed by atoms with Crippen LogP contribution in [0.25, 0.3) is 0 Å². The number of benzene rings is 1. The molecule has 1 amide bonds. The van der Waals surface area contributed by atoms with Crippen molar-refractivity contribution in [3.05, 3.63) is 52.7 Å². The van der Waals surface area contributed by atoms with Gasteiger partial charge in [-0.2, -0.15) is 4.31 Å². The first-order chi connectivity index (χ1) is 11.9. The van der Waals surface area contributed by atoms with Gasteiger partial charge in [0.25, 0.3) is 15.9 Å². The number of piperazine rings is 1. The molecule has 0 saturated carbocycles. The molecule has 1 fully saturated rings. The van der Waals surface area contributed by atoms with Gasteiger partial charge in [-0.1, -0.05) is 23.7 Å². The first kappa shape index (κ1) is 17.9. The molecule has 3 rings (SSSR count). The number of carbonyl (C=O) groups excluding carboxylic acids is 1. The van der Waals surface area contributed by atoms with E-state index in [-0.39, 0.29) is 10.9 Å². The van der Waals surface area contributed by atoms with Crippen LogP contribution in [0, 0.1) is 0 Å². The molecule has 0 aliphatic carbocycles. The smallest absolute Gasteiger partial charge is 0.284 e. The number of amides is 1. The van der Waals surface area contributed by atoms with Crippen LogP contribution in [-0.2, 0) is 16.6 Å². The van der Waals surface area contributed by atoms with Crippen molar-refractivity contribution in [2.24, 2.45) is 5.73 Å². The second kappa shape index (κ2) is 7.17. The molecule has 0 unspecified atom stereocenters. The van der Waals surface area contributed by atoms with Gasteiger partial charge >= 0.3 is 0 Å². The molecule has 2 N–H and O–H groups in total. The third-order valence-corrected chi connectivity index (χ3v) is 6.09. The minimum atomic E-state index is -3.76. The highest BCUT2D eigenvalue weighted by molar-refractivity contribution is 7.89. The number of nitrogens with two attached hydrogens (primary N) is 1. The Bertz CT molecular complexity index is 856. The SMILES string of the molecule is NC(=O)c1ccc(S(=O)(=O)N2CCN(Cc3ccc(Cl)cc3)CC2)o1. The van der Waals surface area contributed by atoms with Crippen molar-refractivity contribution in [2.75, 3.05) is 26.2 Å². The van der Waals surface area contributed by atoms with E-state index in [1.165, 1.54) is 16.4 Å². The molecular weight excluding hydrogens is 366 g/mol. The lowest BCUT2D eigenvalue weighted by atomic mass is 10.2. The summed E-state index contributed by atoms with van der Waals surface area (Å²) in [6.45, 7) is 2.64. The van der Waals surface area contributed by atoms with Gasteiger partial charge in [-0.05, 0) is 29.8 Å². The minimum Gasteiger partial charge on any atom is -0.438 e. The van der Waals surface area contributed by atoms with Gasteiger partial charge < -0.3 is 10.2 Å². The molecule has 1 aromatic heterocycles. The van der Waals surface area contributed by atoms with Crippen molar-refractivity contribution in [3.8, 4) is 0 Å². The van der Waals surface area contributed by atoms with Gasteiger partial charge in [-0.15, -0.1) is 0 Å². The zero-order valence-corrected chi connectivity index (χ0v) is 15.0. The van der Waals surface area contributed by atoms with Crippen LogP contribution in [0.1, 0.15) is 16.1 Å². The monoisotopic (exact) mass is 383 g/mol. The zero-order valence-electron chi connectivity index (χ0n) is 13.4. The molecule has 1 saturated heterocycles. The van der Waals surface area contributed by atoms with Crippen molar-refractivity contribution < 1.29 is 17.6 Å². The number of nitrogens with zero attached hydrogens (tertiary/aromatic N) is 2. The third-order valence-electron chi connectivity index (χ3n) is 4.07. The second-order valence-electron chi connectivity index (χ2n) is 5.79. The fourth-order valence-corrected chi connectivity index (χ4v) is 4.15. The molecule has 134 valence electrons. The van der Waals surface area contributed by atoms with Crippen LogP contribution in [-0.4, -0.2) is 49.7 Å². The molecule has 0 atom stereocenters. The number of primary amides is 1. The van der Waals surface area contributed by atoms with E-state index < -0.39 is 15.9 Å². The van der Waals surface area contributed by atoms with Crippen LogP contribution in [0.5, 0.6) is 0 Å². The Labute approximate surface area is 151 Å². The largest absolute Gasteiger partial charge is 0.438 e. The maximum Gasteiger partial charge on any atom is 0.284 e. The van der Waals surface area contributed by atoms with Crippen LogP contribution in [0.15, 0.2) is 45.9 Å². The maximum atomic E-state index is 12.6. The summed E-state index contributed by atoms with van der Waals surface area (Å²) in [6.07, 6.45) is 0. The zero-order chi connectivity index (χ0) is 18.0. The number of halogens is 1. The van der Waals surface area contributed by atoms with E-state index in [2.05, 4.69) is 4.90 Å². The summed E-state index contributed by atoms with van der Waals surface area (Å²) in [5.41, 5.74) is 6.22. The Morgan fingerprint density at radius 3 is 2.28 bits per heavy atom. The number of carbonyl (C=O) groups is 1.